The van der Waals surface area contributed by atoms with Crippen molar-refractivity contribution in [2.24, 2.45) is 0 Å². The summed E-state index contributed by atoms with van der Waals surface area (Å²) in [5.41, 5.74) is 0. The smallest absolute Gasteiger partial charge is 0.295 e. The number of hydrogen-bond donors (Lipinski definition) is 1. The van der Waals surface area contributed by atoms with E-state index in [-0.39, 0.29) is 5.76 Å². The van der Waals surface area contributed by atoms with Crippen molar-refractivity contribution < 1.29 is 4.42 Å². The Balaban J connectivity index is 2.90. The van der Waals surface area contributed by atoms with Crippen LogP contribution in [-0.4, -0.2) is 12.0 Å². The molecule has 0 fully saturated rings. The first-order valence-corrected chi connectivity index (χ1v) is 2.40. The van der Waals surface area contributed by atoms with Crippen LogP contribution in [0.15, 0.2) is 10.6 Å². The minimum atomic E-state index is 0.222. The molecule has 1 aromatic rings. The van der Waals surface area contributed by atoms with Gasteiger partial charge in [0.15, 0.2) is 0 Å². The Morgan fingerprint density at radius 2 is 2.67 bits per heavy atom. The predicted molar refractivity (Wildman–Crippen MR) is 30.8 cm³/mol. The van der Waals surface area contributed by atoms with Gasteiger partial charge in [-0.25, -0.2) is 4.98 Å². The second-order valence-electron chi connectivity index (χ2n) is 1.39. The SMILES string of the molecule is CNc1ncc(C#N)o1. The minimum absolute atomic E-state index is 0.222. The average molecular weight is 123 g/mol. The Labute approximate surface area is 52.1 Å². The standard InChI is InChI=1S/C5H5N3O/c1-7-5-8-3-4(2-6)9-5/h3H,1H3,(H,7,8). The van der Waals surface area contributed by atoms with E-state index in [2.05, 4.69) is 10.3 Å². The lowest BCUT2D eigenvalue weighted by Gasteiger charge is -1.84. The van der Waals surface area contributed by atoms with Gasteiger partial charge in [0.1, 0.15) is 6.07 Å². The van der Waals surface area contributed by atoms with Crippen LogP contribution in [0, 0.1) is 11.3 Å². The maximum absolute atomic E-state index is 8.23. The summed E-state index contributed by atoms with van der Waals surface area (Å²) in [6.07, 6.45) is 1.37. The largest absolute Gasteiger partial charge is 0.413 e. The highest BCUT2D eigenvalue weighted by molar-refractivity contribution is 5.23. The van der Waals surface area contributed by atoms with Gasteiger partial charge in [-0.05, 0) is 0 Å². The third-order valence-corrected chi connectivity index (χ3v) is 0.830. The van der Waals surface area contributed by atoms with Gasteiger partial charge in [-0.3, -0.25) is 0 Å². The molecular formula is C5H5N3O. The average Bonchev–Trinajstić information content (AvgIpc) is 2.34. The van der Waals surface area contributed by atoms with Crippen molar-refractivity contribution in [3.8, 4) is 6.07 Å². The minimum Gasteiger partial charge on any atom is -0.413 e. The van der Waals surface area contributed by atoms with Crippen molar-refractivity contribution in [1.29, 1.82) is 5.26 Å². The second kappa shape index (κ2) is 2.18. The summed E-state index contributed by atoms with van der Waals surface area (Å²) in [5.74, 6) is 0.222. The molecule has 0 bridgehead atoms. The van der Waals surface area contributed by atoms with Crippen LogP contribution in [0.1, 0.15) is 5.76 Å². The lowest BCUT2D eigenvalue weighted by Crippen LogP contribution is -1.84. The molecule has 0 aliphatic carbocycles. The zero-order valence-corrected chi connectivity index (χ0v) is 4.88. The molecule has 0 aliphatic rings. The van der Waals surface area contributed by atoms with Crippen LogP contribution in [0.3, 0.4) is 0 Å². The third-order valence-electron chi connectivity index (χ3n) is 0.830. The van der Waals surface area contributed by atoms with Crippen molar-refractivity contribution in [1.82, 2.24) is 4.98 Å². The highest BCUT2D eigenvalue weighted by atomic mass is 16.4. The molecule has 0 aromatic carbocycles. The van der Waals surface area contributed by atoms with E-state index in [1.54, 1.807) is 7.05 Å². The zero-order chi connectivity index (χ0) is 6.69. The van der Waals surface area contributed by atoms with E-state index in [0.29, 0.717) is 6.01 Å². The number of nitriles is 1. The molecule has 4 heteroatoms. The summed E-state index contributed by atoms with van der Waals surface area (Å²) in [6, 6.07) is 2.18. The number of nitrogens with zero attached hydrogens (tertiary/aromatic N) is 2. The van der Waals surface area contributed by atoms with Gasteiger partial charge in [0, 0.05) is 7.05 Å². The quantitative estimate of drug-likeness (QED) is 0.593. The molecule has 46 valence electrons. The van der Waals surface area contributed by atoms with Crippen LogP contribution in [-0.2, 0) is 0 Å². The van der Waals surface area contributed by atoms with Gasteiger partial charge in [-0.2, -0.15) is 5.26 Å². The number of rotatable bonds is 1. The summed E-state index contributed by atoms with van der Waals surface area (Å²) in [5, 5.41) is 10.9. The van der Waals surface area contributed by atoms with Crippen LogP contribution in [0.2, 0.25) is 0 Å². The normalized spacial score (nSPS) is 8.44. The lowest BCUT2D eigenvalue weighted by molar-refractivity contribution is 0.561. The van der Waals surface area contributed by atoms with Gasteiger partial charge in [0.2, 0.25) is 5.76 Å². The van der Waals surface area contributed by atoms with Gasteiger partial charge in [-0.1, -0.05) is 0 Å². The zero-order valence-electron chi connectivity index (χ0n) is 4.88. The second-order valence-corrected chi connectivity index (χ2v) is 1.39. The van der Waals surface area contributed by atoms with Gasteiger partial charge in [0.25, 0.3) is 6.01 Å². The molecule has 1 rings (SSSR count). The maximum Gasteiger partial charge on any atom is 0.295 e. The van der Waals surface area contributed by atoms with Gasteiger partial charge in [0.05, 0.1) is 6.20 Å². The summed E-state index contributed by atoms with van der Waals surface area (Å²) in [6.45, 7) is 0. The molecule has 0 saturated carbocycles. The third kappa shape index (κ3) is 0.995. The fourth-order valence-electron chi connectivity index (χ4n) is 0.441. The predicted octanol–water partition coefficient (Wildman–Crippen LogP) is 0.588. The van der Waals surface area contributed by atoms with Crippen molar-refractivity contribution in [2.45, 2.75) is 0 Å². The van der Waals surface area contributed by atoms with E-state index < -0.39 is 0 Å². The van der Waals surface area contributed by atoms with Crippen molar-refractivity contribution in [3.63, 3.8) is 0 Å². The van der Waals surface area contributed by atoms with E-state index in [1.807, 2.05) is 6.07 Å². The maximum atomic E-state index is 8.23. The monoisotopic (exact) mass is 123 g/mol. The Morgan fingerprint density at radius 1 is 1.89 bits per heavy atom. The first-order valence-electron chi connectivity index (χ1n) is 2.40. The number of aromatic nitrogens is 1. The lowest BCUT2D eigenvalue weighted by atomic mass is 10.6. The molecule has 9 heavy (non-hydrogen) atoms. The van der Waals surface area contributed by atoms with Gasteiger partial charge in [-0.15, -0.1) is 0 Å². The van der Waals surface area contributed by atoms with E-state index in [4.69, 9.17) is 9.68 Å². The van der Waals surface area contributed by atoms with E-state index in [0.717, 1.165) is 0 Å². The number of hydrogen-bond acceptors (Lipinski definition) is 4. The molecule has 1 aromatic heterocycles. The van der Waals surface area contributed by atoms with Crippen LogP contribution < -0.4 is 5.32 Å². The van der Waals surface area contributed by atoms with Gasteiger partial charge >= 0.3 is 0 Å². The van der Waals surface area contributed by atoms with Crippen LogP contribution in [0.25, 0.3) is 0 Å². The molecule has 1 N–H and O–H groups in total. The number of oxazole rings is 1. The first kappa shape index (κ1) is 5.63. The summed E-state index contributed by atoms with van der Waals surface area (Å²) < 4.78 is 4.80. The Kier molecular flexibility index (Phi) is 1.36. The van der Waals surface area contributed by atoms with E-state index in [9.17, 15) is 0 Å². The summed E-state index contributed by atoms with van der Waals surface area (Å²) in [4.78, 5) is 3.71. The fourth-order valence-corrected chi connectivity index (χ4v) is 0.441. The molecule has 0 atom stereocenters. The van der Waals surface area contributed by atoms with Crippen LogP contribution >= 0.6 is 0 Å². The topological polar surface area (TPSA) is 61.9 Å². The van der Waals surface area contributed by atoms with E-state index >= 15 is 0 Å². The van der Waals surface area contributed by atoms with Crippen LogP contribution in [0.5, 0.6) is 0 Å². The highest BCUT2D eigenvalue weighted by Gasteiger charge is 1.96. The molecule has 0 saturated heterocycles. The molecular weight excluding hydrogens is 118 g/mol. The Hall–Kier alpha value is -1.50. The summed E-state index contributed by atoms with van der Waals surface area (Å²) in [7, 11) is 1.67. The number of anilines is 1. The molecule has 0 unspecified atom stereocenters. The molecule has 0 spiro atoms. The van der Waals surface area contributed by atoms with Crippen molar-refractivity contribution in [2.75, 3.05) is 12.4 Å². The molecule has 1 heterocycles. The van der Waals surface area contributed by atoms with E-state index in [1.165, 1.54) is 6.20 Å². The highest BCUT2D eigenvalue weighted by Crippen LogP contribution is 2.04. The molecule has 0 aliphatic heterocycles. The van der Waals surface area contributed by atoms with Crippen molar-refractivity contribution >= 4 is 6.01 Å². The van der Waals surface area contributed by atoms with Gasteiger partial charge < -0.3 is 9.73 Å². The molecule has 0 radical (unpaired) electrons. The summed E-state index contributed by atoms with van der Waals surface area (Å²) >= 11 is 0. The Bertz CT molecular complexity index is 235. The van der Waals surface area contributed by atoms with Crippen LogP contribution in [0.4, 0.5) is 6.01 Å². The Morgan fingerprint density at radius 3 is 3.00 bits per heavy atom. The number of nitrogens with one attached hydrogen (secondary N) is 1. The molecule has 4 nitrogen and oxygen atoms in total. The molecule has 0 amide bonds. The fraction of sp³-hybridized carbons (Fsp3) is 0.200. The van der Waals surface area contributed by atoms with Crippen molar-refractivity contribution in [3.05, 3.63) is 12.0 Å². The first-order chi connectivity index (χ1) is 4.36.